The van der Waals surface area contributed by atoms with Crippen molar-refractivity contribution in [3.05, 3.63) is 106 Å². The number of carbonyl (C=O) groups is 1. The van der Waals surface area contributed by atoms with Gasteiger partial charge in [-0.2, -0.15) is 0 Å². The molecule has 0 unspecified atom stereocenters. The predicted molar refractivity (Wildman–Crippen MR) is 168 cm³/mol. The summed E-state index contributed by atoms with van der Waals surface area (Å²) in [5.74, 6) is -0.405. The molecule has 0 spiro atoms. The molecule has 8 nitrogen and oxygen atoms in total. The predicted octanol–water partition coefficient (Wildman–Crippen LogP) is 6.80. The molecule has 4 aromatic heterocycles. The van der Waals surface area contributed by atoms with Crippen LogP contribution in [-0.4, -0.2) is 40.7 Å². The van der Waals surface area contributed by atoms with Crippen molar-refractivity contribution in [3.8, 4) is 27.5 Å². The van der Waals surface area contributed by atoms with Gasteiger partial charge < -0.3 is 14.6 Å². The molecule has 2 N–H and O–H groups in total. The summed E-state index contributed by atoms with van der Waals surface area (Å²) in [4.78, 5) is 34.0. The first-order valence-corrected chi connectivity index (χ1v) is 14.4. The molecule has 6 aromatic rings. The van der Waals surface area contributed by atoms with Crippen LogP contribution in [0.1, 0.15) is 31.9 Å². The summed E-state index contributed by atoms with van der Waals surface area (Å²) in [5.41, 5.74) is 4.83. The van der Waals surface area contributed by atoms with Gasteiger partial charge in [0.15, 0.2) is 0 Å². The number of nitrogens with zero attached hydrogens (tertiary/aromatic N) is 4. The van der Waals surface area contributed by atoms with Crippen LogP contribution in [0.3, 0.4) is 0 Å². The van der Waals surface area contributed by atoms with E-state index in [2.05, 4.69) is 4.98 Å². The average molecular weight is 601 g/mol. The molecule has 0 aliphatic rings. The molecule has 0 aliphatic heterocycles. The highest BCUT2D eigenvalue weighted by molar-refractivity contribution is 7.22. The van der Waals surface area contributed by atoms with Gasteiger partial charge in [0.05, 0.1) is 22.2 Å². The Balaban J connectivity index is 0.000000652. The SMILES string of the molecule is CC(C)(C)O.Cc1cc2nc(-c3ccnc(-n4ccn5cccc5c4=O)c3)sc2c(-c2ccc(Cl)cc2)c1CC(=O)O. The van der Waals surface area contributed by atoms with E-state index in [0.29, 0.717) is 16.4 Å². The highest BCUT2D eigenvalue weighted by Crippen LogP contribution is 2.41. The number of aliphatic hydroxyl groups is 1. The molecule has 10 heteroatoms. The lowest BCUT2D eigenvalue weighted by Gasteiger charge is -2.13. The molecule has 2 aromatic carbocycles. The molecule has 214 valence electrons. The Bertz CT molecular complexity index is 1980. The Morgan fingerprint density at radius 2 is 1.74 bits per heavy atom. The first kappa shape index (κ1) is 29.2. The van der Waals surface area contributed by atoms with Crippen molar-refractivity contribution >= 4 is 44.6 Å². The molecule has 0 saturated heterocycles. The maximum absolute atomic E-state index is 13.0. The van der Waals surface area contributed by atoms with E-state index in [1.807, 2.05) is 55.7 Å². The number of rotatable bonds is 5. The van der Waals surface area contributed by atoms with Gasteiger partial charge in [-0.15, -0.1) is 11.3 Å². The number of halogens is 1. The lowest BCUT2D eigenvalue weighted by atomic mass is 9.93. The minimum Gasteiger partial charge on any atom is -0.481 e. The van der Waals surface area contributed by atoms with Crippen molar-refractivity contribution in [1.29, 1.82) is 0 Å². The van der Waals surface area contributed by atoms with E-state index in [9.17, 15) is 14.7 Å². The van der Waals surface area contributed by atoms with Crippen molar-refractivity contribution in [3.63, 3.8) is 0 Å². The molecule has 0 bridgehead atoms. The van der Waals surface area contributed by atoms with Crippen molar-refractivity contribution < 1.29 is 15.0 Å². The number of aliphatic carboxylic acids is 1. The van der Waals surface area contributed by atoms with Gasteiger partial charge >= 0.3 is 5.97 Å². The van der Waals surface area contributed by atoms with Crippen LogP contribution in [-0.2, 0) is 11.2 Å². The molecular weight excluding hydrogens is 572 g/mol. The number of fused-ring (bicyclic) bond motifs is 2. The zero-order valence-corrected chi connectivity index (χ0v) is 25.1. The summed E-state index contributed by atoms with van der Waals surface area (Å²) in [6.07, 6.45) is 6.89. The smallest absolute Gasteiger partial charge is 0.307 e. The van der Waals surface area contributed by atoms with Gasteiger partial charge in [0.25, 0.3) is 5.56 Å². The van der Waals surface area contributed by atoms with Gasteiger partial charge in [-0.25, -0.2) is 9.97 Å². The summed E-state index contributed by atoms with van der Waals surface area (Å²) in [6, 6.07) is 16.6. The van der Waals surface area contributed by atoms with Crippen LogP contribution >= 0.6 is 22.9 Å². The maximum Gasteiger partial charge on any atom is 0.307 e. The van der Waals surface area contributed by atoms with Crippen LogP contribution in [0.4, 0.5) is 0 Å². The third kappa shape index (κ3) is 6.28. The number of carboxylic acid groups (broad SMARTS) is 1. The lowest BCUT2D eigenvalue weighted by molar-refractivity contribution is -0.136. The number of aryl methyl sites for hydroxylation is 1. The zero-order chi connectivity index (χ0) is 30.2. The van der Waals surface area contributed by atoms with E-state index in [4.69, 9.17) is 21.7 Å². The van der Waals surface area contributed by atoms with Gasteiger partial charge in [-0.05, 0) is 86.8 Å². The third-order valence-electron chi connectivity index (χ3n) is 6.30. The highest BCUT2D eigenvalue weighted by Gasteiger charge is 2.20. The number of thiazole rings is 1. The standard InChI is InChI=1S/C28H19ClN4O3S.C4H10O/c1-16-13-21-26(25(20(16)15-24(34)35)17-4-6-19(29)7-5-17)37-27(31-21)18-8-9-30-23(14-18)33-12-11-32-10-2-3-22(32)28(33)36;1-4(2,3)5/h2-14H,15H2,1H3,(H,34,35);5H,1-3H3. The minimum atomic E-state index is -0.897. The first-order valence-electron chi connectivity index (χ1n) is 13.2. The molecule has 0 atom stereocenters. The van der Waals surface area contributed by atoms with Crippen molar-refractivity contribution in [2.24, 2.45) is 0 Å². The fourth-order valence-electron chi connectivity index (χ4n) is 4.56. The molecule has 4 heterocycles. The van der Waals surface area contributed by atoms with Crippen LogP contribution in [0.15, 0.2) is 84.2 Å². The van der Waals surface area contributed by atoms with Crippen LogP contribution < -0.4 is 5.56 Å². The second-order valence-electron chi connectivity index (χ2n) is 10.8. The van der Waals surface area contributed by atoms with E-state index < -0.39 is 11.6 Å². The number of carboxylic acids is 1. The summed E-state index contributed by atoms with van der Waals surface area (Å²) < 4.78 is 4.18. The topological polar surface area (TPSA) is 110 Å². The van der Waals surface area contributed by atoms with Crippen LogP contribution in [0.2, 0.25) is 5.02 Å². The summed E-state index contributed by atoms with van der Waals surface area (Å²) in [5, 5.41) is 19.5. The van der Waals surface area contributed by atoms with Gasteiger partial charge in [-0.3, -0.25) is 14.2 Å². The van der Waals surface area contributed by atoms with E-state index in [0.717, 1.165) is 43.0 Å². The lowest BCUT2D eigenvalue weighted by Crippen LogP contribution is -2.20. The van der Waals surface area contributed by atoms with E-state index in [-0.39, 0.29) is 12.0 Å². The number of hydrogen-bond acceptors (Lipinski definition) is 6. The Morgan fingerprint density at radius 1 is 1.02 bits per heavy atom. The van der Waals surface area contributed by atoms with Crippen LogP contribution in [0, 0.1) is 6.92 Å². The zero-order valence-electron chi connectivity index (χ0n) is 23.5. The minimum absolute atomic E-state index is 0.0997. The Hall–Kier alpha value is -4.31. The summed E-state index contributed by atoms with van der Waals surface area (Å²) in [7, 11) is 0. The monoisotopic (exact) mass is 600 g/mol. The maximum atomic E-state index is 13.0. The summed E-state index contributed by atoms with van der Waals surface area (Å²) >= 11 is 7.61. The number of pyridine rings is 1. The van der Waals surface area contributed by atoms with E-state index >= 15 is 0 Å². The van der Waals surface area contributed by atoms with E-state index in [1.165, 1.54) is 15.9 Å². The fraction of sp³-hybridized carbons (Fsp3) is 0.188. The number of hydrogen-bond donors (Lipinski definition) is 2. The van der Waals surface area contributed by atoms with Gasteiger partial charge in [0.2, 0.25) is 0 Å². The molecule has 0 aliphatic carbocycles. The molecule has 6 rings (SSSR count). The molecule has 0 amide bonds. The molecule has 0 radical (unpaired) electrons. The Kier molecular flexibility index (Phi) is 8.01. The van der Waals surface area contributed by atoms with E-state index in [1.54, 1.807) is 55.8 Å². The normalized spacial score (nSPS) is 11.5. The van der Waals surface area contributed by atoms with Crippen molar-refractivity contribution in [1.82, 2.24) is 18.9 Å². The number of benzene rings is 2. The fourth-order valence-corrected chi connectivity index (χ4v) is 5.82. The van der Waals surface area contributed by atoms with Gasteiger partial charge in [0.1, 0.15) is 16.3 Å². The quantitative estimate of drug-likeness (QED) is 0.225. The second kappa shape index (κ2) is 11.5. The first-order chi connectivity index (χ1) is 19.9. The average Bonchev–Trinajstić information content (AvgIpc) is 3.57. The molecular formula is C32H29ClN4O4S. The van der Waals surface area contributed by atoms with Gasteiger partial charge in [-0.1, -0.05) is 23.7 Å². The number of aromatic nitrogens is 4. The molecule has 0 fully saturated rings. The van der Waals surface area contributed by atoms with Crippen LogP contribution in [0.25, 0.3) is 43.2 Å². The third-order valence-corrected chi connectivity index (χ3v) is 7.69. The van der Waals surface area contributed by atoms with Crippen molar-refractivity contribution in [2.45, 2.75) is 39.7 Å². The largest absolute Gasteiger partial charge is 0.481 e. The highest BCUT2D eigenvalue weighted by atomic mass is 35.5. The van der Waals surface area contributed by atoms with Crippen molar-refractivity contribution in [2.75, 3.05) is 0 Å². The van der Waals surface area contributed by atoms with Crippen LogP contribution in [0.5, 0.6) is 0 Å². The molecule has 42 heavy (non-hydrogen) atoms. The Morgan fingerprint density at radius 3 is 2.43 bits per heavy atom. The van der Waals surface area contributed by atoms with Gasteiger partial charge in [0, 0.05) is 40.9 Å². The Labute approximate surface area is 251 Å². The molecule has 0 saturated carbocycles. The second-order valence-corrected chi connectivity index (χ2v) is 12.3. The summed E-state index contributed by atoms with van der Waals surface area (Å²) in [6.45, 7) is 7.14.